The van der Waals surface area contributed by atoms with Crippen LogP contribution in [0.15, 0.2) is 71.9 Å². The van der Waals surface area contributed by atoms with E-state index in [9.17, 15) is 9.18 Å². The first-order valence-electron chi connectivity index (χ1n) is 12.3. The Morgan fingerprint density at radius 2 is 1.86 bits per heavy atom. The maximum atomic E-state index is 15.0. The highest BCUT2D eigenvalue weighted by Gasteiger charge is 2.19. The predicted octanol–water partition coefficient (Wildman–Crippen LogP) is 5.14. The van der Waals surface area contributed by atoms with Crippen LogP contribution in [0.25, 0.3) is 28.2 Å². The van der Waals surface area contributed by atoms with Crippen molar-refractivity contribution in [2.75, 3.05) is 0 Å². The first kappa shape index (κ1) is 24.3. The Morgan fingerprint density at radius 3 is 2.57 bits per heavy atom. The lowest BCUT2D eigenvalue weighted by Crippen LogP contribution is -2.26. The SMILES string of the molecule is CCCc1cn(-c2c(F)cccc2C(C)C)c(=O)n1Cc1ccc(-c2ccncc2-c2nn[nH]n2)cc1. The second kappa shape index (κ2) is 10.3. The molecular formula is C28H28FN7O. The zero-order valence-electron chi connectivity index (χ0n) is 21.0. The van der Waals surface area contributed by atoms with Gasteiger partial charge in [0.25, 0.3) is 0 Å². The Labute approximate surface area is 213 Å². The second-order valence-corrected chi connectivity index (χ2v) is 9.30. The quantitative estimate of drug-likeness (QED) is 0.320. The number of aromatic nitrogens is 7. The van der Waals surface area contributed by atoms with Gasteiger partial charge >= 0.3 is 5.69 Å². The standard InChI is InChI=1S/C28H28FN7O/c1-4-6-21-17-36(26-22(18(2)3)7-5-8-25(26)29)28(37)35(21)16-19-9-11-20(12-10-19)23-13-14-30-15-24(23)27-31-33-34-32-27/h5,7-15,17-18H,4,6,16H2,1-3H3,(H,31,32,33,34). The van der Waals surface area contributed by atoms with Crippen LogP contribution < -0.4 is 5.69 Å². The van der Waals surface area contributed by atoms with E-state index in [2.05, 4.69) is 32.5 Å². The number of H-pyrrole nitrogens is 1. The summed E-state index contributed by atoms with van der Waals surface area (Å²) in [7, 11) is 0. The first-order chi connectivity index (χ1) is 18.0. The molecule has 3 heterocycles. The number of benzene rings is 2. The van der Waals surface area contributed by atoms with Gasteiger partial charge in [-0.2, -0.15) is 5.21 Å². The van der Waals surface area contributed by atoms with E-state index < -0.39 is 5.82 Å². The molecule has 0 aliphatic heterocycles. The molecule has 5 rings (SSSR count). The summed E-state index contributed by atoms with van der Waals surface area (Å²) in [6, 6.07) is 14.9. The van der Waals surface area contributed by atoms with Crippen molar-refractivity contribution in [2.24, 2.45) is 0 Å². The van der Waals surface area contributed by atoms with E-state index in [0.717, 1.165) is 46.4 Å². The molecular weight excluding hydrogens is 469 g/mol. The van der Waals surface area contributed by atoms with E-state index in [1.165, 1.54) is 10.6 Å². The molecule has 9 heteroatoms. The predicted molar refractivity (Wildman–Crippen MR) is 140 cm³/mol. The van der Waals surface area contributed by atoms with E-state index in [1.807, 2.05) is 50.2 Å². The van der Waals surface area contributed by atoms with Gasteiger partial charge in [-0.3, -0.25) is 14.1 Å². The van der Waals surface area contributed by atoms with Gasteiger partial charge < -0.3 is 0 Å². The number of aryl methyl sites for hydroxylation is 1. The third-order valence-electron chi connectivity index (χ3n) is 6.46. The Balaban J connectivity index is 1.51. The number of pyridine rings is 1. The zero-order chi connectivity index (χ0) is 25.9. The van der Waals surface area contributed by atoms with Gasteiger partial charge in [0.05, 0.1) is 12.2 Å². The third-order valence-corrected chi connectivity index (χ3v) is 6.46. The summed E-state index contributed by atoms with van der Waals surface area (Å²) in [5.41, 5.74) is 5.41. The lowest BCUT2D eigenvalue weighted by molar-refractivity contribution is 0.607. The van der Waals surface area contributed by atoms with Crippen molar-refractivity contribution in [3.8, 4) is 28.2 Å². The number of aromatic amines is 1. The van der Waals surface area contributed by atoms with Gasteiger partial charge in [-0.05, 0) is 51.9 Å². The van der Waals surface area contributed by atoms with E-state index >= 15 is 0 Å². The third kappa shape index (κ3) is 4.72. The normalized spacial score (nSPS) is 11.4. The van der Waals surface area contributed by atoms with E-state index in [4.69, 9.17) is 0 Å². The van der Waals surface area contributed by atoms with Crippen LogP contribution in [-0.4, -0.2) is 34.7 Å². The van der Waals surface area contributed by atoms with Crippen LogP contribution in [0.4, 0.5) is 4.39 Å². The zero-order valence-corrected chi connectivity index (χ0v) is 21.0. The van der Waals surface area contributed by atoms with Crippen LogP contribution in [0, 0.1) is 5.82 Å². The fourth-order valence-corrected chi connectivity index (χ4v) is 4.64. The van der Waals surface area contributed by atoms with Gasteiger partial charge in [0.1, 0.15) is 5.82 Å². The van der Waals surface area contributed by atoms with Gasteiger partial charge in [-0.25, -0.2) is 9.18 Å². The lowest BCUT2D eigenvalue weighted by atomic mass is 10.00. The number of nitrogens with one attached hydrogen (secondary N) is 1. The molecule has 0 unspecified atom stereocenters. The molecule has 3 aromatic heterocycles. The fourth-order valence-electron chi connectivity index (χ4n) is 4.64. The van der Waals surface area contributed by atoms with E-state index in [-0.39, 0.29) is 11.6 Å². The van der Waals surface area contributed by atoms with Crippen molar-refractivity contribution >= 4 is 0 Å². The van der Waals surface area contributed by atoms with Crippen LogP contribution in [0.5, 0.6) is 0 Å². The lowest BCUT2D eigenvalue weighted by Gasteiger charge is -2.13. The Morgan fingerprint density at radius 1 is 1.05 bits per heavy atom. The largest absolute Gasteiger partial charge is 0.333 e. The molecule has 0 aliphatic rings. The smallest absolute Gasteiger partial charge is 0.292 e. The molecule has 0 saturated carbocycles. The molecule has 8 nitrogen and oxygen atoms in total. The van der Waals surface area contributed by atoms with E-state index in [0.29, 0.717) is 18.1 Å². The number of hydrogen-bond acceptors (Lipinski definition) is 5. The molecule has 0 amide bonds. The fraction of sp³-hybridized carbons (Fsp3) is 0.250. The van der Waals surface area contributed by atoms with Gasteiger partial charge in [-0.15, -0.1) is 10.2 Å². The number of imidazole rings is 1. The summed E-state index contributed by atoms with van der Waals surface area (Å²) in [6.07, 6.45) is 6.81. The van der Waals surface area contributed by atoms with Crippen molar-refractivity contribution in [3.05, 3.63) is 100 Å². The molecule has 0 fully saturated rings. The maximum Gasteiger partial charge on any atom is 0.333 e. The van der Waals surface area contributed by atoms with Crippen molar-refractivity contribution < 1.29 is 4.39 Å². The molecule has 0 spiro atoms. The molecule has 0 aliphatic carbocycles. The van der Waals surface area contributed by atoms with Crippen LogP contribution in [0.3, 0.4) is 0 Å². The van der Waals surface area contributed by atoms with Gasteiger partial charge in [0, 0.05) is 29.8 Å². The minimum absolute atomic E-state index is 0.0775. The van der Waals surface area contributed by atoms with Gasteiger partial charge in [0.15, 0.2) is 0 Å². The van der Waals surface area contributed by atoms with E-state index in [1.54, 1.807) is 29.2 Å². The first-order valence-corrected chi connectivity index (χ1v) is 12.3. The monoisotopic (exact) mass is 497 g/mol. The molecule has 0 bridgehead atoms. The number of para-hydroxylation sites is 1. The van der Waals surface area contributed by atoms with Crippen molar-refractivity contribution in [1.29, 1.82) is 0 Å². The van der Waals surface area contributed by atoms with Crippen LogP contribution in [-0.2, 0) is 13.0 Å². The highest BCUT2D eigenvalue weighted by molar-refractivity contribution is 5.79. The molecule has 0 radical (unpaired) electrons. The summed E-state index contributed by atoms with van der Waals surface area (Å²) < 4.78 is 18.2. The van der Waals surface area contributed by atoms with Crippen molar-refractivity contribution in [3.63, 3.8) is 0 Å². The average Bonchev–Trinajstić information content (AvgIpc) is 3.54. The molecule has 0 atom stereocenters. The Hall–Kier alpha value is -4.40. The molecule has 188 valence electrons. The summed E-state index contributed by atoms with van der Waals surface area (Å²) in [6.45, 7) is 6.46. The summed E-state index contributed by atoms with van der Waals surface area (Å²) in [4.78, 5) is 17.8. The Bertz CT molecular complexity index is 1570. The summed E-state index contributed by atoms with van der Waals surface area (Å²) in [5, 5.41) is 14.3. The maximum absolute atomic E-state index is 15.0. The number of hydrogen-bond donors (Lipinski definition) is 1. The second-order valence-electron chi connectivity index (χ2n) is 9.30. The Kier molecular flexibility index (Phi) is 6.76. The topological polar surface area (TPSA) is 94.3 Å². The van der Waals surface area contributed by atoms with Crippen LogP contribution >= 0.6 is 0 Å². The minimum Gasteiger partial charge on any atom is -0.292 e. The molecule has 5 aromatic rings. The summed E-state index contributed by atoms with van der Waals surface area (Å²) >= 11 is 0. The highest BCUT2D eigenvalue weighted by Crippen LogP contribution is 2.29. The van der Waals surface area contributed by atoms with Crippen LogP contribution in [0.2, 0.25) is 0 Å². The number of tetrazole rings is 1. The molecule has 1 N–H and O–H groups in total. The van der Waals surface area contributed by atoms with Gasteiger partial charge in [0.2, 0.25) is 5.82 Å². The minimum atomic E-state index is -0.396. The highest BCUT2D eigenvalue weighted by atomic mass is 19.1. The number of rotatable bonds is 8. The van der Waals surface area contributed by atoms with Crippen LogP contribution in [0.1, 0.15) is 49.9 Å². The average molecular weight is 498 g/mol. The number of nitrogens with zero attached hydrogens (tertiary/aromatic N) is 6. The molecule has 37 heavy (non-hydrogen) atoms. The summed E-state index contributed by atoms with van der Waals surface area (Å²) in [5.74, 6) is 0.152. The van der Waals surface area contributed by atoms with Crippen molar-refractivity contribution in [1.82, 2.24) is 34.7 Å². The number of halogens is 1. The van der Waals surface area contributed by atoms with Crippen molar-refractivity contribution in [2.45, 2.75) is 46.1 Å². The van der Waals surface area contributed by atoms with Gasteiger partial charge in [-0.1, -0.05) is 63.6 Å². The molecule has 2 aromatic carbocycles. The molecule has 0 saturated heterocycles.